The highest BCUT2D eigenvalue weighted by molar-refractivity contribution is 5.90. The Kier molecular flexibility index (Phi) is 9.14. The van der Waals surface area contributed by atoms with E-state index in [1.807, 2.05) is 42.5 Å². The molecule has 9 heteroatoms. The van der Waals surface area contributed by atoms with Gasteiger partial charge in [0.15, 0.2) is 0 Å². The molecular weight excluding hydrogens is 486 g/mol. The molecule has 2 aromatic carbocycles. The van der Waals surface area contributed by atoms with Crippen LogP contribution in [0, 0.1) is 0 Å². The molecule has 0 aliphatic carbocycles. The molecule has 0 radical (unpaired) electrons. The maximum absolute atomic E-state index is 14.0. The monoisotopic (exact) mass is 523 g/mol. The number of fused-ring (bicyclic) bond motifs is 1. The number of carboxylic acid groups (broad SMARTS) is 1. The summed E-state index contributed by atoms with van der Waals surface area (Å²) >= 11 is 0. The Bertz CT molecular complexity index is 1120. The molecule has 3 N–H and O–H groups in total. The van der Waals surface area contributed by atoms with E-state index in [0.717, 1.165) is 24.0 Å². The zero-order chi connectivity index (χ0) is 27.1. The van der Waals surface area contributed by atoms with Gasteiger partial charge < -0.3 is 25.2 Å². The normalized spacial score (nSPS) is 25.3. The lowest BCUT2D eigenvalue weighted by Crippen LogP contribution is -2.66. The van der Waals surface area contributed by atoms with E-state index in [4.69, 9.17) is 9.47 Å². The number of amides is 1. The van der Waals surface area contributed by atoms with Gasteiger partial charge in [-0.1, -0.05) is 54.6 Å². The van der Waals surface area contributed by atoms with Crippen molar-refractivity contribution in [1.82, 2.24) is 15.5 Å². The zero-order valence-corrected chi connectivity index (χ0v) is 22.0. The first kappa shape index (κ1) is 27.8. The third-order valence-corrected chi connectivity index (χ3v) is 7.21. The highest BCUT2D eigenvalue weighted by Crippen LogP contribution is 2.35. The summed E-state index contributed by atoms with van der Waals surface area (Å²) in [6.07, 6.45) is 1.92. The maximum Gasteiger partial charge on any atom is 0.352 e. The lowest BCUT2D eigenvalue weighted by molar-refractivity contribution is -0.169. The van der Waals surface area contributed by atoms with Gasteiger partial charge >= 0.3 is 11.9 Å². The molecule has 0 bridgehead atoms. The van der Waals surface area contributed by atoms with Crippen molar-refractivity contribution < 1.29 is 29.0 Å². The van der Waals surface area contributed by atoms with Gasteiger partial charge in [0.1, 0.15) is 13.2 Å². The van der Waals surface area contributed by atoms with Crippen molar-refractivity contribution >= 4 is 17.8 Å². The number of nitrogens with one attached hydrogen (secondary N) is 2. The van der Waals surface area contributed by atoms with Crippen LogP contribution in [0.25, 0.3) is 0 Å². The minimum Gasteiger partial charge on any atom is -0.481 e. The van der Waals surface area contributed by atoms with Crippen LogP contribution < -0.4 is 10.6 Å². The number of carbonyl (C=O) groups excluding carboxylic acids is 2. The van der Waals surface area contributed by atoms with Gasteiger partial charge in [-0.15, -0.1) is 0 Å². The van der Waals surface area contributed by atoms with Crippen LogP contribution in [0.3, 0.4) is 0 Å². The van der Waals surface area contributed by atoms with Crippen LogP contribution in [-0.2, 0) is 42.5 Å². The van der Waals surface area contributed by atoms with Gasteiger partial charge in [-0.2, -0.15) is 0 Å². The molecular formula is C29H37N3O6. The van der Waals surface area contributed by atoms with E-state index in [-0.39, 0.29) is 44.4 Å². The largest absolute Gasteiger partial charge is 0.481 e. The molecule has 1 amide bonds. The topological polar surface area (TPSA) is 117 Å². The third-order valence-electron chi connectivity index (χ3n) is 7.21. The van der Waals surface area contributed by atoms with Crippen LogP contribution in [0.4, 0.5) is 0 Å². The van der Waals surface area contributed by atoms with E-state index in [9.17, 15) is 19.5 Å². The Labute approximate surface area is 223 Å². The summed E-state index contributed by atoms with van der Waals surface area (Å²) in [6.45, 7) is 4.43. The van der Waals surface area contributed by atoms with Gasteiger partial charge in [0.25, 0.3) is 0 Å². The Hall–Kier alpha value is -3.27. The van der Waals surface area contributed by atoms with Gasteiger partial charge in [0, 0.05) is 30.7 Å². The lowest BCUT2D eigenvalue weighted by Gasteiger charge is -2.46. The van der Waals surface area contributed by atoms with Crippen LogP contribution in [0.15, 0.2) is 54.6 Å². The van der Waals surface area contributed by atoms with Crippen molar-refractivity contribution in [2.45, 2.75) is 70.0 Å². The second kappa shape index (κ2) is 12.5. The minimum atomic E-state index is -1.67. The second-order valence-electron chi connectivity index (χ2n) is 10.2. The average molecular weight is 524 g/mol. The Balaban J connectivity index is 1.61. The molecule has 2 aromatic rings. The summed E-state index contributed by atoms with van der Waals surface area (Å²) in [5, 5.41) is 15.8. The van der Waals surface area contributed by atoms with Gasteiger partial charge in [0.2, 0.25) is 11.6 Å². The number of benzene rings is 2. The lowest BCUT2D eigenvalue weighted by atomic mass is 9.86. The molecule has 1 fully saturated rings. The maximum atomic E-state index is 14.0. The van der Waals surface area contributed by atoms with E-state index in [0.29, 0.717) is 18.5 Å². The Morgan fingerprint density at radius 3 is 2.45 bits per heavy atom. The summed E-state index contributed by atoms with van der Waals surface area (Å²) in [6, 6.07) is 17.3. The van der Waals surface area contributed by atoms with Gasteiger partial charge in [-0.3, -0.25) is 14.5 Å². The Morgan fingerprint density at radius 2 is 1.74 bits per heavy atom. The van der Waals surface area contributed by atoms with E-state index in [2.05, 4.69) is 24.5 Å². The summed E-state index contributed by atoms with van der Waals surface area (Å²) in [7, 11) is 0. The smallest absolute Gasteiger partial charge is 0.352 e. The SMILES string of the molecule is CC1CC(OCC(=O)NC2(C(=O)OCc3ccccc3)c3ccccc3CCN2CCC(=O)O)CC(C)N1. The van der Waals surface area contributed by atoms with Gasteiger partial charge in [-0.05, 0) is 44.2 Å². The molecule has 2 heterocycles. The van der Waals surface area contributed by atoms with Crippen molar-refractivity contribution in [3.05, 3.63) is 71.3 Å². The van der Waals surface area contributed by atoms with E-state index in [1.54, 1.807) is 17.0 Å². The quantitative estimate of drug-likeness (QED) is 0.407. The molecule has 0 spiro atoms. The fourth-order valence-corrected chi connectivity index (χ4v) is 5.53. The van der Waals surface area contributed by atoms with E-state index >= 15 is 0 Å². The number of ether oxygens (including phenoxy) is 2. The predicted molar refractivity (Wildman–Crippen MR) is 141 cm³/mol. The summed E-state index contributed by atoms with van der Waals surface area (Å²) < 4.78 is 11.8. The van der Waals surface area contributed by atoms with Crippen molar-refractivity contribution in [2.24, 2.45) is 0 Å². The van der Waals surface area contributed by atoms with Crippen molar-refractivity contribution in [1.29, 1.82) is 0 Å². The average Bonchev–Trinajstić information content (AvgIpc) is 2.90. The first-order valence-electron chi connectivity index (χ1n) is 13.2. The summed E-state index contributed by atoms with van der Waals surface area (Å²) in [5.41, 5.74) is 0.625. The number of nitrogens with zero attached hydrogens (tertiary/aromatic N) is 1. The number of carboxylic acids is 1. The standard InChI is InChI=1S/C29H37N3O6/c1-20-16-24(17-21(2)30-20)37-19-26(33)31-29(28(36)38-18-22-8-4-3-5-9-22)25-11-7-6-10-23(25)12-14-32(29)15-13-27(34)35/h3-11,20-21,24,30H,12-19H2,1-2H3,(H,31,33)(H,34,35). The van der Waals surface area contributed by atoms with E-state index < -0.39 is 23.5 Å². The number of hydrogen-bond acceptors (Lipinski definition) is 7. The highest BCUT2D eigenvalue weighted by Gasteiger charge is 2.51. The molecule has 0 aromatic heterocycles. The number of aliphatic carboxylic acids is 1. The number of carbonyl (C=O) groups is 3. The van der Waals surface area contributed by atoms with Gasteiger partial charge in [0.05, 0.1) is 12.5 Å². The molecule has 3 unspecified atom stereocenters. The minimum absolute atomic E-state index is 0.0214. The zero-order valence-electron chi connectivity index (χ0n) is 22.0. The molecule has 3 atom stereocenters. The molecule has 204 valence electrons. The number of rotatable bonds is 10. The molecule has 1 saturated heterocycles. The molecule has 38 heavy (non-hydrogen) atoms. The van der Waals surface area contributed by atoms with Crippen LogP contribution >= 0.6 is 0 Å². The van der Waals surface area contributed by atoms with Crippen molar-refractivity contribution in [3.8, 4) is 0 Å². The first-order chi connectivity index (χ1) is 18.3. The van der Waals surface area contributed by atoms with Gasteiger partial charge in [-0.25, -0.2) is 4.79 Å². The van der Waals surface area contributed by atoms with Crippen molar-refractivity contribution in [3.63, 3.8) is 0 Å². The molecule has 0 saturated carbocycles. The number of esters is 1. The molecule has 4 rings (SSSR count). The number of piperidine rings is 1. The fraction of sp³-hybridized carbons (Fsp3) is 0.483. The summed E-state index contributed by atoms with van der Waals surface area (Å²) in [4.78, 5) is 40.5. The molecule has 9 nitrogen and oxygen atoms in total. The van der Waals surface area contributed by atoms with E-state index in [1.165, 1.54) is 0 Å². The fourth-order valence-electron chi connectivity index (χ4n) is 5.53. The second-order valence-corrected chi connectivity index (χ2v) is 10.2. The van der Waals surface area contributed by atoms with Crippen LogP contribution in [-0.4, -0.2) is 65.7 Å². The van der Waals surface area contributed by atoms with Crippen molar-refractivity contribution in [2.75, 3.05) is 19.7 Å². The van der Waals surface area contributed by atoms with Crippen LogP contribution in [0.5, 0.6) is 0 Å². The molecule has 2 aliphatic heterocycles. The molecule has 2 aliphatic rings. The summed E-state index contributed by atoms with van der Waals surface area (Å²) in [5.74, 6) is -2.10. The predicted octanol–water partition coefficient (Wildman–Crippen LogP) is 2.58. The van der Waals surface area contributed by atoms with Crippen LogP contribution in [0.1, 0.15) is 49.8 Å². The number of hydrogen-bond donors (Lipinski definition) is 3. The Morgan fingerprint density at radius 1 is 1.05 bits per heavy atom. The first-order valence-corrected chi connectivity index (χ1v) is 13.2. The van der Waals surface area contributed by atoms with Crippen LogP contribution in [0.2, 0.25) is 0 Å². The third kappa shape index (κ3) is 6.59. The highest BCUT2D eigenvalue weighted by atomic mass is 16.5.